The number of aryl methyl sites for hydroxylation is 1. The molecule has 1 heterocycles. The van der Waals surface area contributed by atoms with Crippen LogP contribution in [0.4, 0.5) is 0 Å². The van der Waals surface area contributed by atoms with Crippen LogP contribution in [0.25, 0.3) is 0 Å². The van der Waals surface area contributed by atoms with E-state index in [1.165, 1.54) is 12.0 Å². The van der Waals surface area contributed by atoms with E-state index >= 15 is 0 Å². The minimum atomic E-state index is -0.343. The van der Waals surface area contributed by atoms with E-state index in [9.17, 15) is 5.11 Å². The Morgan fingerprint density at radius 1 is 0.871 bits per heavy atom. The first-order valence-electron chi connectivity index (χ1n) is 11.8. The van der Waals surface area contributed by atoms with Crippen LogP contribution in [0.15, 0.2) is 72.8 Å². The Hall–Kier alpha value is -2.42. The molecule has 0 saturated carbocycles. The van der Waals surface area contributed by atoms with Crippen LogP contribution in [-0.2, 0) is 5.41 Å². The molecule has 3 aromatic carbocycles. The van der Waals surface area contributed by atoms with Gasteiger partial charge in [0.1, 0.15) is 0 Å². The van der Waals surface area contributed by atoms with Crippen LogP contribution >= 0.6 is 0 Å². The lowest BCUT2D eigenvalue weighted by Gasteiger charge is -2.40. The van der Waals surface area contributed by atoms with Crippen molar-refractivity contribution in [1.29, 1.82) is 0 Å². The van der Waals surface area contributed by atoms with Gasteiger partial charge in [-0.1, -0.05) is 78.4 Å². The smallest absolute Gasteiger partial charge is 0.0819 e. The summed E-state index contributed by atoms with van der Waals surface area (Å²) in [5.41, 5.74) is 8.66. The van der Waals surface area contributed by atoms with Crippen LogP contribution in [0.2, 0.25) is 0 Å². The number of nitrogens with zero attached hydrogens (tertiary/aromatic N) is 1. The van der Waals surface area contributed by atoms with Gasteiger partial charge in [0.2, 0.25) is 0 Å². The van der Waals surface area contributed by atoms with E-state index in [2.05, 4.69) is 84.6 Å². The quantitative estimate of drug-likeness (QED) is 0.608. The molecule has 0 unspecified atom stereocenters. The van der Waals surface area contributed by atoms with Crippen molar-refractivity contribution in [2.45, 2.75) is 43.6 Å². The second-order valence-electron chi connectivity index (χ2n) is 9.98. The zero-order valence-electron chi connectivity index (χ0n) is 18.3. The molecule has 31 heavy (non-hydrogen) atoms. The Balaban J connectivity index is 1.21. The number of hydrogen-bond acceptors (Lipinski definition) is 2. The fourth-order valence-electron chi connectivity index (χ4n) is 6.65. The first-order chi connectivity index (χ1) is 15.2. The highest BCUT2D eigenvalue weighted by Gasteiger charge is 2.53. The highest BCUT2D eigenvalue weighted by Crippen LogP contribution is 2.60. The maximum absolute atomic E-state index is 11.0. The molecule has 3 aromatic rings. The van der Waals surface area contributed by atoms with E-state index in [-0.39, 0.29) is 11.5 Å². The topological polar surface area (TPSA) is 23.5 Å². The van der Waals surface area contributed by atoms with E-state index < -0.39 is 0 Å². The van der Waals surface area contributed by atoms with Crippen LogP contribution < -0.4 is 0 Å². The van der Waals surface area contributed by atoms with Gasteiger partial charge >= 0.3 is 0 Å². The van der Waals surface area contributed by atoms with Crippen molar-refractivity contribution in [3.63, 3.8) is 0 Å². The number of rotatable bonds is 4. The Bertz CT molecular complexity index is 1050. The third kappa shape index (κ3) is 3.00. The van der Waals surface area contributed by atoms with Crippen molar-refractivity contribution < 1.29 is 5.11 Å². The van der Waals surface area contributed by atoms with Crippen molar-refractivity contribution in [2.24, 2.45) is 5.92 Å². The summed E-state index contributed by atoms with van der Waals surface area (Å²) < 4.78 is 0. The summed E-state index contributed by atoms with van der Waals surface area (Å²) in [7, 11) is 0. The molecule has 1 fully saturated rings. The first-order valence-corrected chi connectivity index (χ1v) is 11.8. The van der Waals surface area contributed by atoms with Crippen molar-refractivity contribution >= 4 is 0 Å². The van der Waals surface area contributed by atoms with E-state index in [1.54, 1.807) is 22.3 Å². The molecule has 2 bridgehead atoms. The van der Waals surface area contributed by atoms with Gasteiger partial charge in [-0.2, -0.15) is 0 Å². The van der Waals surface area contributed by atoms with Crippen LogP contribution in [0.1, 0.15) is 64.7 Å². The van der Waals surface area contributed by atoms with Gasteiger partial charge in [-0.25, -0.2) is 0 Å². The second-order valence-corrected chi connectivity index (χ2v) is 9.98. The predicted octanol–water partition coefficient (Wildman–Crippen LogP) is 5.58. The minimum Gasteiger partial charge on any atom is -0.388 e. The number of aliphatic hydroxyl groups is 1. The van der Waals surface area contributed by atoms with Crippen molar-refractivity contribution in [1.82, 2.24) is 4.90 Å². The number of aliphatic hydroxyl groups excluding tert-OH is 1. The number of benzene rings is 3. The molecule has 1 aliphatic heterocycles. The van der Waals surface area contributed by atoms with E-state index in [4.69, 9.17) is 0 Å². The summed E-state index contributed by atoms with van der Waals surface area (Å²) in [5, 5.41) is 11.0. The molecule has 0 aromatic heterocycles. The molecule has 0 radical (unpaired) electrons. The lowest BCUT2D eigenvalue weighted by Crippen LogP contribution is -2.44. The van der Waals surface area contributed by atoms with Gasteiger partial charge < -0.3 is 10.0 Å². The van der Waals surface area contributed by atoms with Gasteiger partial charge in [0.25, 0.3) is 0 Å². The molecule has 1 saturated heterocycles. The van der Waals surface area contributed by atoms with Crippen LogP contribution in [0.5, 0.6) is 0 Å². The Kier molecular flexibility index (Phi) is 4.55. The van der Waals surface area contributed by atoms with Crippen molar-refractivity contribution in [3.05, 3.63) is 106 Å². The van der Waals surface area contributed by atoms with Crippen molar-refractivity contribution in [2.75, 3.05) is 19.6 Å². The Labute approximate surface area is 185 Å². The maximum atomic E-state index is 11.0. The molecule has 1 N–H and O–H groups in total. The fourth-order valence-corrected chi connectivity index (χ4v) is 6.65. The van der Waals surface area contributed by atoms with Gasteiger partial charge in [-0.15, -0.1) is 0 Å². The summed E-state index contributed by atoms with van der Waals surface area (Å²) >= 11 is 0. The van der Waals surface area contributed by atoms with Crippen LogP contribution in [0, 0.1) is 12.8 Å². The molecular weight excluding hydrogens is 378 g/mol. The third-order valence-electron chi connectivity index (χ3n) is 8.25. The first kappa shape index (κ1) is 19.3. The Morgan fingerprint density at radius 2 is 1.45 bits per heavy atom. The highest BCUT2D eigenvalue weighted by molar-refractivity contribution is 5.62. The lowest BCUT2D eigenvalue weighted by atomic mass is 9.74. The number of hydrogen-bond donors (Lipinski definition) is 1. The van der Waals surface area contributed by atoms with E-state index in [1.807, 2.05) is 0 Å². The lowest BCUT2D eigenvalue weighted by molar-refractivity contribution is 0.0540. The summed E-state index contributed by atoms with van der Waals surface area (Å²) in [4.78, 5) is 2.67. The summed E-state index contributed by atoms with van der Waals surface area (Å²) in [6, 6.07) is 26.7. The number of fused-ring (bicyclic) bond motifs is 8. The molecular formula is C29H31NO. The normalized spacial score (nSPS) is 25.9. The second kappa shape index (κ2) is 7.32. The average Bonchev–Trinajstić information content (AvgIpc) is 3.32. The molecule has 6 rings (SSSR count). The van der Waals surface area contributed by atoms with Gasteiger partial charge in [0.15, 0.2) is 0 Å². The molecule has 2 heteroatoms. The summed E-state index contributed by atoms with van der Waals surface area (Å²) in [6.07, 6.45) is 3.01. The summed E-state index contributed by atoms with van der Waals surface area (Å²) in [6.45, 7) is 5.35. The molecule has 3 aliphatic rings. The average molecular weight is 410 g/mol. The molecule has 1 atom stereocenters. The van der Waals surface area contributed by atoms with Crippen molar-refractivity contribution in [3.8, 4) is 0 Å². The van der Waals surface area contributed by atoms with E-state index in [0.29, 0.717) is 11.8 Å². The van der Waals surface area contributed by atoms with Gasteiger partial charge in [0.05, 0.1) is 6.10 Å². The zero-order chi connectivity index (χ0) is 21.0. The molecule has 0 spiro atoms. The SMILES string of the molecule is Cc1ccc([C@@H](O)C2CCN(CC34CC(c5ccccc53)c3ccccc34)CC2)cc1. The van der Waals surface area contributed by atoms with Gasteiger partial charge in [0, 0.05) is 17.9 Å². The Morgan fingerprint density at radius 3 is 2.06 bits per heavy atom. The number of likely N-dealkylation sites (tertiary alicyclic amines) is 1. The van der Waals surface area contributed by atoms with E-state index in [0.717, 1.165) is 38.0 Å². The number of piperidine rings is 1. The summed E-state index contributed by atoms with van der Waals surface area (Å²) in [5.74, 6) is 0.921. The van der Waals surface area contributed by atoms with Crippen LogP contribution in [-0.4, -0.2) is 29.6 Å². The monoisotopic (exact) mass is 409 g/mol. The minimum absolute atomic E-state index is 0.139. The highest BCUT2D eigenvalue weighted by atomic mass is 16.3. The third-order valence-corrected chi connectivity index (χ3v) is 8.25. The molecule has 158 valence electrons. The molecule has 2 aliphatic carbocycles. The maximum Gasteiger partial charge on any atom is 0.0819 e. The van der Waals surface area contributed by atoms with Gasteiger partial charge in [-0.05, 0) is 73.0 Å². The van der Waals surface area contributed by atoms with Crippen LogP contribution in [0.3, 0.4) is 0 Å². The largest absolute Gasteiger partial charge is 0.388 e. The predicted molar refractivity (Wildman–Crippen MR) is 125 cm³/mol. The fraction of sp³-hybridized carbons (Fsp3) is 0.379. The molecule has 2 nitrogen and oxygen atoms in total. The standard InChI is InChI=1S/C29H31NO/c1-20-10-12-21(13-11-20)28(31)22-14-16-30(17-15-22)19-29-18-25(23-6-2-4-8-26(23)29)24-7-3-5-9-27(24)29/h2-13,22,25,28,31H,14-19H2,1H3/t25?,28-,29?/m1/s1. The zero-order valence-corrected chi connectivity index (χ0v) is 18.3. The molecule has 0 amide bonds. The van der Waals surface area contributed by atoms with Gasteiger partial charge in [-0.3, -0.25) is 0 Å².